The van der Waals surface area contributed by atoms with Crippen LogP contribution in [0.2, 0.25) is 0 Å². The zero-order valence-corrected chi connectivity index (χ0v) is 6.92. The quantitative estimate of drug-likeness (QED) is 0.711. The topological polar surface area (TPSA) is 37.3 Å². The molecule has 1 aromatic carbocycles. The Balaban J connectivity index is 3.20. The van der Waals surface area contributed by atoms with Crippen LogP contribution in [0, 0.1) is 11.6 Å². The summed E-state index contributed by atoms with van der Waals surface area (Å²) in [5, 5.41) is 8.84. The Morgan fingerprint density at radius 2 is 1.85 bits per heavy atom. The van der Waals surface area contributed by atoms with Crippen molar-refractivity contribution in [2.24, 2.45) is 0 Å². The fourth-order valence-electron chi connectivity index (χ4n) is 0.942. The number of halogens is 2. The van der Waals surface area contributed by atoms with Crippen LogP contribution < -0.4 is 0 Å². The van der Waals surface area contributed by atoms with Crippen LogP contribution in [0.5, 0.6) is 0 Å². The zero-order chi connectivity index (χ0) is 10.0. The zero-order valence-electron chi connectivity index (χ0n) is 6.92. The van der Waals surface area contributed by atoms with E-state index in [0.717, 1.165) is 25.1 Å². The van der Waals surface area contributed by atoms with Crippen molar-refractivity contribution in [3.63, 3.8) is 0 Å². The maximum Gasteiger partial charge on any atom is 0.196 e. The molecule has 1 rings (SSSR count). The lowest BCUT2D eigenvalue weighted by molar-refractivity contribution is 0.0770. The number of benzene rings is 1. The fourth-order valence-corrected chi connectivity index (χ4v) is 0.942. The number of ketones is 1. The van der Waals surface area contributed by atoms with Gasteiger partial charge in [-0.1, -0.05) is 6.07 Å². The summed E-state index contributed by atoms with van der Waals surface area (Å²) in [6.45, 7) is 1.16. The number of Topliss-reactive ketones (excluding diaryl/α,β-unsaturated/α-hetero) is 1. The first-order chi connectivity index (χ1) is 6.04. The van der Waals surface area contributed by atoms with Gasteiger partial charge < -0.3 is 5.11 Å². The normalized spacial score (nSPS) is 12.6. The minimum absolute atomic E-state index is 0.683. The number of carbonyl (C=O) groups is 1. The second-order valence-corrected chi connectivity index (χ2v) is 2.64. The first kappa shape index (κ1) is 9.80. The van der Waals surface area contributed by atoms with Gasteiger partial charge in [0.1, 0.15) is 17.7 Å². The molecule has 13 heavy (non-hydrogen) atoms. The summed E-state index contributed by atoms with van der Waals surface area (Å²) in [6, 6.07) is 3.10. The molecular formula is C9H8F2O2. The number of rotatable bonds is 2. The largest absolute Gasteiger partial charge is 0.385 e. The Kier molecular flexibility index (Phi) is 2.72. The third-order valence-electron chi connectivity index (χ3n) is 1.59. The van der Waals surface area contributed by atoms with Gasteiger partial charge in [-0.3, -0.25) is 4.79 Å². The average molecular weight is 186 g/mol. The molecule has 0 amide bonds. The summed E-state index contributed by atoms with van der Waals surface area (Å²) < 4.78 is 25.8. The highest BCUT2D eigenvalue weighted by atomic mass is 19.1. The Hall–Kier alpha value is -1.29. The lowest BCUT2D eigenvalue weighted by Crippen LogP contribution is -2.19. The van der Waals surface area contributed by atoms with Crippen LogP contribution in [0.4, 0.5) is 8.78 Å². The van der Waals surface area contributed by atoms with Crippen LogP contribution in [-0.2, 0) is 0 Å². The van der Waals surface area contributed by atoms with Crippen molar-refractivity contribution in [2.45, 2.75) is 13.0 Å². The third-order valence-corrected chi connectivity index (χ3v) is 1.59. The summed E-state index contributed by atoms with van der Waals surface area (Å²) in [6.07, 6.45) is -1.40. The van der Waals surface area contributed by atoms with Crippen LogP contribution in [0.1, 0.15) is 17.3 Å². The van der Waals surface area contributed by atoms with Crippen LogP contribution in [-0.4, -0.2) is 17.0 Å². The predicted octanol–water partition coefficient (Wildman–Crippen LogP) is 1.53. The molecule has 2 nitrogen and oxygen atoms in total. The van der Waals surface area contributed by atoms with Crippen molar-refractivity contribution in [1.29, 1.82) is 0 Å². The molecule has 0 aromatic heterocycles. The Morgan fingerprint density at radius 1 is 1.38 bits per heavy atom. The van der Waals surface area contributed by atoms with Crippen LogP contribution in [0.25, 0.3) is 0 Å². The van der Waals surface area contributed by atoms with Crippen LogP contribution in [0.15, 0.2) is 18.2 Å². The van der Waals surface area contributed by atoms with Gasteiger partial charge in [-0.25, -0.2) is 8.78 Å². The van der Waals surface area contributed by atoms with E-state index in [1.807, 2.05) is 0 Å². The minimum Gasteiger partial charge on any atom is -0.385 e. The van der Waals surface area contributed by atoms with E-state index >= 15 is 0 Å². The molecule has 0 aliphatic heterocycles. The molecule has 0 heterocycles. The van der Waals surface area contributed by atoms with Crippen LogP contribution in [0.3, 0.4) is 0 Å². The van der Waals surface area contributed by atoms with Crippen molar-refractivity contribution in [1.82, 2.24) is 0 Å². The number of aliphatic hydroxyl groups excluding tert-OH is 1. The predicted molar refractivity (Wildman–Crippen MR) is 42.4 cm³/mol. The SMILES string of the molecule is CC(O)C(=O)c1c(F)cccc1F. The average Bonchev–Trinajstić information content (AvgIpc) is 2.03. The van der Waals surface area contributed by atoms with E-state index in [0.29, 0.717) is 0 Å². The number of aliphatic hydroxyl groups is 1. The summed E-state index contributed by atoms with van der Waals surface area (Å²) >= 11 is 0. The first-order valence-corrected chi connectivity index (χ1v) is 3.70. The van der Waals surface area contributed by atoms with E-state index in [1.165, 1.54) is 0 Å². The van der Waals surface area contributed by atoms with E-state index < -0.39 is 29.1 Å². The molecule has 0 saturated heterocycles. The summed E-state index contributed by atoms with van der Waals surface area (Å²) in [5.41, 5.74) is -0.683. The van der Waals surface area contributed by atoms with Crippen molar-refractivity contribution >= 4 is 5.78 Å². The molecule has 1 N–H and O–H groups in total. The maximum absolute atomic E-state index is 12.9. The molecule has 0 aliphatic rings. The van der Waals surface area contributed by atoms with Gasteiger partial charge in [-0.05, 0) is 19.1 Å². The molecule has 0 radical (unpaired) electrons. The molecule has 0 bridgehead atoms. The molecule has 1 unspecified atom stereocenters. The minimum atomic E-state index is -1.40. The Bertz CT molecular complexity index is 314. The van der Waals surface area contributed by atoms with E-state index in [9.17, 15) is 13.6 Å². The van der Waals surface area contributed by atoms with Crippen molar-refractivity contribution in [2.75, 3.05) is 0 Å². The van der Waals surface area contributed by atoms with Gasteiger partial charge in [-0.15, -0.1) is 0 Å². The van der Waals surface area contributed by atoms with Crippen molar-refractivity contribution < 1.29 is 18.7 Å². The highest BCUT2D eigenvalue weighted by molar-refractivity contribution is 5.99. The standard InChI is InChI=1S/C9H8F2O2/c1-5(12)9(13)8-6(10)3-2-4-7(8)11/h2-5,12H,1H3. The van der Waals surface area contributed by atoms with E-state index in [-0.39, 0.29) is 0 Å². The highest BCUT2D eigenvalue weighted by Gasteiger charge is 2.20. The maximum atomic E-state index is 12.9. The van der Waals surface area contributed by atoms with Gasteiger partial charge >= 0.3 is 0 Å². The monoisotopic (exact) mass is 186 g/mol. The van der Waals surface area contributed by atoms with E-state index in [2.05, 4.69) is 0 Å². The second kappa shape index (κ2) is 3.62. The van der Waals surface area contributed by atoms with Gasteiger partial charge in [0.2, 0.25) is 0 Å². The first-order valence-electron chi connectivity index (χ1n) is 3.70. The van der Waals surface area contributed by atoms with Gasteiger partial charge in [0.05, 0.1) is 5.56 Å². The third kappa shape index (κ3) is 1.89. The van der Waals surface area contributed by atoms with E-state index in [4.69, 9.17) is 5.11 Å². The summed E-state index contributed by atoms with van der Waals surface area (Å²) in [7, 11) is 0. The van der Waals surface area contributed by atoms with E-state index in [1.54, 1.807) is 0 Å². The second-order valence-electron chi connectivity index (χ2n) is 2.64. The van der Waals surface area contributed by atoms with Crippen LogP contribution >= 0.6 is 0 Å². The smallest absolute Gasteiger partial charge is 0.196 e. The lowest BCUT2D eigenvalue weighted by Gasteiger charge is -2.05. The molecule has 4 heteroatoms. The summed E-state index contributed by atoms with van der Waals surface area (Å²) in [4.78, 5) is 11.1. The van der Waals surface area contributed by atoms with Crippen molar-refractivity contribution in [3.8, 4) is 0 Å². The highest BCUT2D eigenvalue weighted by Crippen LogP contribution is 2.13. The van der Waals surface area contributed by atoms with Gasteiger partial charge in [0.15, 0.2) is 5.78 Å². The van der Waals surface area contributed by atoms with Gasteiger partial charge in [0, 0.05) is 0 Å². The molecule has 0 aliphatic carbocycles. The van der Waals surface area contributed by atoms with Gasteiger partial charge in [0.25, 0.3) is 0 Å². The molecule has 1 aromatic rings. The Labute approximate surface area is 73.8 Å². The molecule has 0 spiro atoms. The number of carbonyl (C=O) groups excluding carboxylic acids is 1. The number of hydrogen-bond acceptors (Lipinski definition) is 2. The molecule has 1 atom stereocenters. The molecular weight excluding hydrogens is 178 g/mol. The fraction of sp³-hybridized carbons (Fsp3) is 0.222. The molecule has 0 saturated carbocycles. The number of hydrogen-bond donors (Lipinski definition) is 1. The van der Waals surface area contributed by atoms with Gasteiger partial charge in [-0.2, -0.15) is 0 Å². The molecule has 70 valence electrons. The summed E-state index contributed by atoms with van der Waals surface area (Å²) in [5.74, 6) is -2.85. The Morgan fingerprint density at radius 3 is 2.23 bits per heavy atom. The van der Waals surface area contributed by atoms with Crippen molar-refractivity contribution in [3.05, 3.63) is 35.4 Å². The molecule has 0 fully saturated rings. The lowest BCUT2D eigenvalue weighted by atomic mass is 10.1.